The molecule has 76 heavy (non-hydrogen) atoms. The molecule has 3 aliphatic heterocycles. The maximum absolute atomic E-state index is 11.7. The Bertz CT molecular complexity index is 2650. The minimum atomic E-state index is -3.26. The van der Waals surface area contributed by atoms with E-state index in [-0.39, 0.29) is 62.1 Å². The van der Waals surface area contributed by atoms with Crippen LogP contribution in [-0.2, 0) is 79.8 Å². The summed E-state index contributed by atoms with van der Waals surface area (Å²) in [4.78, 5) is 0.502. The fourth-order valence-electron chi connectivity index (χ4n) is 7.06. The van der Waals surface area contributed by atoms with Gasteiger partial charge in [0, 0.05) is 31.6 Å². The van der Waals surface area contributed by atoms with Gasteiger partial charge in [-0.3, -0.25) is 0 Å². The first-order valence-corrected chi connectivity index (χ1v) is 29.0. The highest BCUT2D eigenvalue weighted by molar-refractivity contribution is 9.10. The summed E-state index contributed by atoms with van der Waals surface area (Å²) in [5.74, 6) is 2.32. The molecular weight excluding hydrogens is 1080 g/mol. The number of halogens is 1. The van der Waals surface area contributed by atoms with E-state index in [4.69, 9.17) is 56.3 Å². The van der Waals surface area contributed by atoms with Crippen LogP contribution in [0.3, 0.4) is 0 Å². The standard InChI is InChI=1S/C23H31BO7S.C17H19BrO5S.C12H24B2O4.2CH4.H2/c1-7-27-16-28-15-17-14-19(29-18-8-11-20(12-9-18)32(6,25)26)10-13-21(17)24-30-22(2,3)23(4,5)31-24;1-3-21-12-22-11-13-10-15(6-9-17(13)18)23-14-4-7-16(8-5-14)24(2,19)20;1-9(2)10(3,4)16-13(15-9)14-17-11(5,6)12(7,8)18-14;;;/h8-14H,7,15-16H2,1-6H3;4-10H,3,11-12H2,1-2H3;1-8H3;2*1H4;1H/i;;;;;1+1. The van der Waals surface area contributed by atoms with Crippen LogP contribution in [0.1, 0.15) is 124 Å². The van der Waals surface area contributed by atoms with E-state index in [1.54, 1.807) is 24.3 Å². The predicted octanol–water partition coefficient (Wildman–Crippen LogP) is 11.6. The molecule has 0 saturated carbocycles. The smallest absolute Gasteiger partial charge is 0.457 e. The molecule has 22 heteroatoms. The van der Waals surface area contributed by atoms with Gasteiger partial charge in [-0.25, -0.2) is 16.8 Å². The summed E-state index contributed by atoms with van der Waals surface area (Å²) < 4.78 is 117. The molecule has 0 bridgehead atoms. The van der Waals surface area contributed by atoms with Gasteiger partial charge in [0.15, 0.2) is 19.7 Å². The zero-order chi connectivity index (χ0) is 55.1. The number of rotatable bonds is 18. The molecule has 0 spiro atoms. The molecule has 0 amide bonds. The third-order valence-electron chi connectivity index (χ3n) is 13.6. The summed E-state index contributed by atoms with van der Waals surface area (Å²) in [5.41, 5.74) is 0.286. The number of hydrogen-bond donors (Lipinski definition) is 0. The van der Waals surface area contributed by atoms with Gasteiger partial charge in [-0.1, -0.05) is 36.8 Å². The average molecular weight is 1170 g/mol. The Balaban J connectivity index is 0.000000403. The van der Waals surface area contributed by atoms with E-state index in [9.17, 15) is 16.8 Å². The molecule has 3 heterocycles. The maximum Gasteiger partial charge on any atom is 0.495 e. The van der Waals surface area contributed by atoms with Crippen molar-refractivity contribution >= 4 is 62.2 Å². The normalized spacial score (nSPS) is 18.6. The second-order valence-corrected chi connectivity index (χ2v) is 25.9. The quantitative estimate of drug-likeness (QED) is 0.0521. The van der Waals surface area contributed by atoms with E-state index in [0.717, 1.165) is 21.1 Å². The molecule has 424 valence electrons. The Kier molecular flexibility index (Phi) is 23.6. The van der Waals surface area contributed by atoms with Crippen molar-refractivity contribution in [3.05, 3.63) is 101 Å². The van der Waals surface area contributed by atoms with Crippen LogP contribution < -0.4 is 14.9 Å². The van der Waals surface area contributed by atoms with Gasteiger partial charge in [-0.2, -0.15) is 0 Å². The third-order valence-corrected chi connectivity index (χ3v) is 16.7. The summed E-state index contributed by atoms with van der Waals surface area (Å²) >= 11 is 3.47. The van der Waals surface area contributed by atoms with E-state index in [2.05, 4.69) is 15.9 Å². The van der Waals surface area contributed by atoms with Gasteiger partial charge in [0.25, 0.3) is 0 Å². The lowest BCUT2D eigenvalue weighted by atomic mass is 9.49. The molecule has 4 aromatic rings. The summed E-state index contributed by atoms with van der Waals surface area (Å²) in [6.07, 6.45) is 2.35. The maximum atomic E-state index is 11.7. The predicted molar refractivity (Wildman–Crippen MR) is 306 cm³/mol. The first-order valence-electron chi connectivity index (χ1n) is 24.5. The van der Waals surface area contributed by atoms with E-state index >= 15 is 0 Å². The Morgan fingerprint density at radius 3 is 1.13 bits per heavy atom. The molecule has 3 fully saturated rings. The first kappa shape index (κ1) is 66.9. The summed E-state index contributed by atoms with van der Waals surface area (Å²) in [6.45, 7) is 30.3. The largest absolute Gasteiger partial charge is 0.495 e. The van der Waals surface area contributed by atoms with Crippen molar-refractivity contribution < 1.29 is 74.6 Å². The number of ether oxygens (including phenoxy) is 6. The summed E-state index contributed by atoms with van der Waals surface area (Å²) in [7, 11) is -7.96. The molecule has 16 nitrogen and oxygen atoms in total. The van der Waals surface area contributed by atoms with E-state index in [0.29, 0.717) is 49.4 Å². The van der Waals surface area contributed by atoms with Gasteiger partial charge >= 0.3 is 21.1 Å². The van der Waals surface area contributed by atoms with Crippen LogP contribution in [0.4, 0.5) is 0 Å². The van der Waals surface area contributed by atoms with Crippen molar-refractivity contribution in [3.63, 3.8) is 0 Å². The lowest BCUT2D eigenvalue weighted by molar-refractivity contribution is -0.0573. The van der Waals surface area contributed by atoms with Crippen molar-refractivity contribution in [1.29, 1.82) is 0 Å². The molecule has 3 saturated heterocycles. The zero-order valence-corrected chi connectivity index (χ0v) is 49.0. The summed E-state index contributed by atoms with van der Waals surface area (Å²) in [6, 6.07) is 23.8. The number of hydrogen-bond acceptors (Lipinski definition) is 16. The van der Waals surface area contributed by atoms with Crippen molar-refractivity contribution in [2.45, 2.75) is 168 Å². The molecular formula is C54H84B3BrO16S2. The molecule has 0 atom stereocenters. The van der Waals surface area contributed by atoms with Crippen LogP contribution >= 0.6 is 15.9 Å². The van der Waals surface area contributed by atoms with E-state index < -0.39 is 52.0 Å². The minimum Gasteiger partial charge on any atom is -0.457 e. The van der Waals surface area contributed by atoms with Gasteiger partial charge in [-0.05, 0) is 192 Å². The fourth-order valence-corrected chi connectivity index (χ4v) is 8.69. The molecule has 4 aromatic carbocycles. The number of benzene rings is 4. The Labute approximate surface area is 465 Å². The molecule has 7 rings (SSSR count). The van der Waals surface area contributed by atoms with Gasteiger partial charge in [0.05, 0.1) is 56.6 Å². The molecule has 0 aliphatic carbocycles. The first-order chi connectivity index (χ1) is 34.2. The second kappa shape index (κ2) is 26.7. The van der Waals surface area contributed by atoms with E-state index in [1.807, 2.05) is 133 Å². The monoisotopic (exact) mass is 1170 g/mol. The van der Waals surface area contributed by atoms with Crippen molar-refractivity contribution in [3.8, 4) is 23.0 Å². The van der Waals surface area contributed by atoms with E-state index in [1.165, 1.54) is 36.8 Å². The highest BCUT2D eigenvalue weighted by Gasteiger charge is 2.63. The van der Waals surface area contributed by atoms with Crippen LogP contribution in [-0.4, -0.2) is 111 Å². The molecule has 0 radical (unpaired) electrons. The molecule has 3 aliphatic rings. The number of sulfone groups is 2. The lowest BCUT2D eigenvalue weighted by Crippen LogP contribution is -2.41. The molecule has 0 unspecified atom stereocenters. The van der Waals surface area contributed by atoms with Gasteiger partial charge in [0.1, 0.15) is 36.6 Å². The average Bonchev–Trinajstić information content (AvgIpc) is 3.77. The summed E-state index contributed by atoms with van der Waals surface area (Å²) in [5, 5.41) is 0. The zero-order valence-electron chi connectivity index (χ0n) is 45.8. The third kappa shape index (κ3) is 17.6. The topological polar surface area (TPSA) is 179 Å². The lowest BCUT2D eigenvalue weighted by Gasteiger charge is -2.32. The molecule has 0 aromatic heterocycles. The molecule has 0 N–H and O–H groups in total. The fraction of sp³-hybridized carbons (Fsp3) is 0.556. The van der Waals surface area contributed by atoms with Gasteiger partial charge in [-0.15, -0.1) is 0 Å². The van der Waals surface area contributed by atoms with Crippen LogP contribution in [0.2, 0.25) is 0 Å². The second-order valence-electron chi connectivity index (χ2n) is 21.1. The van der Waals surface area contributed by atoms with Gasteiger partial charge in [0.2, 0.25) is 0 Å². The highest BCUT2D eigenvalue weighted by atomic mass is 79.9. The highest BCUT2D eigenvalue weighted by Crippen LogP contribution is 2.43. The minimum absolute atomic E-state index is 0. The van der Waals surface area contributed by atoms with Crippen molar-refractivity contribution in [1.82, 2.24) is 0 Å². The Hall–Kier alpha value is -3.35. The van der Waals surface area contributed by atoms with Crippen LogP contribution in [0.5, 0.6) is 23.0 Å². The van der Waals surface area contributed by atoms with Crippen molar-refractivity contribution in [2.24, 2.45) is 0 Å². The van der Waals surface area contributed by atoms with Crippen LogP contribution in [0.25, 0.3) is 0 Å². The van der Waals surface area contributed by atoms with Crippen LogP contribution in [0.15, 0.2) is 99.2 Å². The Morgan fingerprint density at radius 1 is 0.461 bits per heavy atom. The Morgan fingerprint density at radius 2 is 0.776 bits per heavy atom. The van der Waals surface area contributed by atoms with Crippen molar-refractivity contribution in [2.75, 3.05) is 39.3 Å². The van der Waals surface area contributed by atoms with Crippen LogP contribution in [0, 0.1) is 0 Å². The van der Waals surface area contributed by atoms with Gasteiger partial charge < -0.3 is 56.3 Å². The SMILES string of the molecule is C.C.CC1(C)OB(B2OC(C)(C)C(C)(C)O2)OC1(C)C.CCOCOCc1cc(Oc2ccc(S(C)(=O)=O)cc2)ccc1B1OC(C)(C)C(C)(C)O1.CCOCOCc1cc(Oc2ccc(S(C)(=O)=O)cc2)ccc1Br.[2HH].